The smallest absolute Gasteiger partial charge is 0.261 e. The van der Waals surface area contributed by atoms with Crippen molar-refractivity contribution in [2.24, 2.45) is 0 Å². The topological polar surface area (TPSA) is 29.1 Å². The second-order valence-electron chi connectivity index (χ2n) is 3.79. The summed E-state index contributed by atoms with van der Waals surface area (Å²) in [5, 5.41) is 3.95. The number of carbonyl (C=O) groups is 1. The lowest BCUT2D eigenvalue weighted by Gasteiger charge is -2.01. The van der Waals surface area contributed by atoms with Crippen molar-refractivity contribution in [3.05, 3.63) is 47.4 Å². The number of carbonyl (C=O) groups excluding carboxylic acids is 1. The molecule has 0 spiro atoms. The van der Waals surface area contributed by atoms with E-state index in [-0.39, 0.29) is 5.91 Å². The molecule has 0 unspecified atom stereocenters. The molecular formula is C13H13NOS. The first-order valence-electron chi connectivity index (χ1n) is 5.08. The Bertz CT molecular complexity index is 509. The summed E-state index contributed by atoms with van der Waals surface area (Å²) in [5.41, 5.74) is 0.953. The van der Waals surface area contributed by atoms with Crippen LogP contribution in [0.15, 0.2) is 42.5 Å². The van der Waals surface area contributed by atoms with Crippen molar-refractivity contribution in [1.29, 1.82) is 0 Å². The maximum atomic E-state index is 11.8. The Morgan fingerprint density at radius 1 is 1.44 bits per heavy atom. The highest BCUT2D eigenvalue weighted by atomic mass is 32.1. The van der Waals surface area contributed by atoms with Gasteiger partial charge in [0.15, 0.2) is 0 Å². The van der Waals surface area contributed by atoms with E-state index >= 15 is 0 Å². The van der Waals surface area contributed by atoms with E-state index in [0.29, 0.717) is 6.54 Å². The van der Waals surface area contributed by atoms with Crippen molar-refractivity contribution in [2.75, 3.05) is 6.54 Å². The quantitative estimate of drug-likeness (QED) is 0.807. The first-order valence-corrected chi connectivity index (χ1v) is 5.89. The van der Waals surface area contributed by atoms with Crippen LogP contribution in [0.25, 0.3) is 10.1 Å². The molecule has 2 rings (SSSR count). The summed E-state index contributed by atoms with van der Waals surface area (Å²) >= 11 is 1.52. The molecule has 0 saturated heterocycles. The van der Waals surface area contributed by atoms with Crippen LogP contribution in [-0.4, -0.2) is 12.5 Å². The summed E-state index contributed by atoms with van der Waals surface area (Å²) in [6.07, 6.45) is 0. The molecule has 3 heteroatoms. The third-order valence-corrected chi connectivity index (χ3v) is 3.31. The van der Waals surface area contributed by atoms with Gasteiger partial charge in [-0.3, -0.25) is 4.79 Å². The average Bonchev–Trinajstić information content (AvgIpc) is 2.69. The molecule has 1 aromatic carbocycles. The van der Waals surface area contributed by atoms with Crippen LogP contribution >= 0.6 is 11.3 Å². The third kappa shape index (κ3) is 2.31. The Morgan fingerprint density at radius 3 is 2.88 bits per heavy atom. The summed E-state index contributed by atoms with van der Waals surface area (Å²) in [7, 11) is 0. The normalized spacial score (nSPS) is 10.3. The van der Waals surface area contributed by atoms with E-state index in [1.807, 2.05) is 37.3 Å². The minimum atomic E-state index is -0.0239. The molecule has 1 heterocycles. The molecule has 0 bridgehead atoms. The molecule has 0 fully saturated rings. The SMILES string of the molecule is C=C(C)CNC(=O)c1cc2ccccc2s1. The Labute approximate surface area is 98.6 Å². The first-order chi connectivity index (χ1) is 7.66. The maximum absolute atomic E-state index is 11.8. The van der Waals surface area contributed by atoms with E-state index in [2.05, 4.69) is 11.9 Å². The molecule has 82 valence electrons. The number of benzene rings is 1. The molecule has 1 N–H and O–H groups in total. The summed E-state index contributed by atoms with van der Waals surface area (Å²) in [6.45, 7) is 6.18. The van der Waals surface area contributed by atoms with E-state index in [9.17, 15) is 4.79 Å². The molecule has 0 saturated carbocycles. The fourth-order valence-corrected chi connectivity index (χ4v) is 2.39. The van der Waals surface area contributed by atoms with Gasteiger partial charge in [0.05, 0.1) is 4.88 Å². The van der Waals surface area contributed by atoms with Gasteiger partial charge in [-0.05, 0) is 24.4 Å². The zero-order valence-corrected chi connectivity index (χ0v) is 9.93. The predicted molar refractivity (Wildman–Crippen MR) is 69.0 cm³/mol. The monoisotopic (exact) mass is 231 g/mol. The van der Waals surface area contributed by atoms with Crippen LogP contribution in [0.3, 0.4) is 0 Å². The number of amides is 1. The van der Waals surface area contributed by atoms with Crippen LogP contribution in [-0.2, 0) is 0 Å². The van der Waals surface area contributed by atoms with Gasteiger partial charge in [0.2, 0.25) is 0 Å². The van der Waals surface area contributed by atoms with E-state index in [4.69, 9.17) is 0 Å². The van der Waals surface area contributed by atoms with Crippen LogP contribution in [0.5, 0.6) is 0 Å². The highest BCUT2D eigenvalue weighted by molar-refractivity contribution is 7.20. The first kappa shape index (κ1) is 10.9. The van der Waals surface area contributed by atoms with Gasteiger partial charge in [0, 0.05) is 11.2 Å². The molecule has 1 aromatic heterocycles. The molecule has 16 heavy (non-hydrogen) atoms. The number of hydrogen-bond donors (Lipinski definition) is 1. The fourth-order valence-electron chi connectivity index (χ4n) is 1.41. The Morgan fingerprint density at radius 2 is 2.19 bits per heavy atom. The molecule has 1 amide bonds. The zero-order chi connectivity index (χ0) is 11.5. The fraction of sp³-hybridized carbons (Fsp3) is 0.154. The summed E-state index contributed by atoms with van der Waals surface area (Å²) in [6, 6.07) is 9.92. The van der Waals surface area contributed by atoms with Crippen LogP contribution in [0.2, 0.25) is 0 Å². The summed E-state index contributed by atoms with van der Waals surface area (Å²) < 4.78 is 1.14. The van der Waals surface area contributed by atoms with Crippen molar-refractivity contribution in [2.45, 2.75) is 6.92 Å². The van der Waals surface area contributed by atoms with Crippen LogP contribution < -0.4 is 5.32 Å². The van der Waals surface area contributed by atoms with E-state index < -0.39 is 0 Å². The summed E-state index contributed by atoms with van der Waals surface area (Å²) in [5.74, 6) is -0.0239. The van der Waals surface area contributed by atoms with E-state index in [1.54, 1.807) is 0 Å². The number of fused-ring (bicyclic) bond motifs is 1. The van der Waals surface area contributed by atoms with Crippen molar-refractivity contribution in [1.82, 2.24) is 5.32 Å². The lowest BCUT2D eigenvalue weighted by Crippen LogP contribution is -2.23. The number of thiophene rings is 1. The number of nitrogens with one attached hydrogen (secondary N) is 1. The second-order valence-corrected chi connectivity index (χ2v) is 4.87. The minimum absolute atomic E-state index is 0.0239. The van der Waals surface area contributed by atoms with Crippen molar-refractivity contribution in [3.63, 3.8) is 0 Å². The lowest BCUT2D eigenvalue weighted by atomic mass is 10.2. The van der Waals surface area contributed by atoms with E-state index in [1.165, 1.54) is 11.3 Å². The largest absolute Gasteiger partial charge is 0.348 e. The standard InChI is InChI=1S/C13H13NOS/c1-9(2)8-14-13(15)12-7-10-5-3-4-6-11(10)16-12/h3-7H,1,8H2,2H3,(H,14,15). The van der Waals surface area contributed by atoms with Gasteiger partial charge in [-0.15, -0.1) is 11.3 Å². The Kier molecular flexibility index (Phi) is 3.06. The minimum Gasteiger partial charge on any atom is -0.348 e. The van der Waals surface area contributed by atoms with Crippen LogP contribution in [0, 0.1) is 0 Å². The van der Waals surface area contributed by atoms with Gasteiger partial charge in [-0.2, -0.15) is 0 Å². The molecule has 0 aliphatic heterocycles. The molecule has 0 aliphatic rings. The molecule has 0 aliphatic carbocycles. The third-order valence-electron chi connectivity index (χ3n) is 2.20. The predicted octanol–water partition coefficient (Wildman–Crippen LogP) is 3.21. The molecular weight excluding hydrogens is 218 g/mol. The van der Waals surface area contributed by atoms with Gasteiger partial charge in [-0.25, -0.2) is 0 Å². The van der Waals surface area contributed by atoms with Crippen molar-refractivity contribution < 1.29 is 4.79 Å². The number of hydrogen-bond acceptors (Lipinski definition) is 2. The van der Waals surface area contributed by atoms with Gasteiger partial charge in [0.25, 0.3) is 5.91 Å². The summed E-state index contributed by atoms with van der Waals surface area (Å²) in [4.78, 5) is 12.5. The zero-order valence-electron chi connectivity index (χ0n) is 9.12. The van der Waals surface area contributed by atoms with Gasteiger partial charge in [-0.1, -0.05) is 30.4 Å². The maximum Gasteiger partial charge on any atom is 0.261 e. The highest BCUT2D eigenvalue weighted by Gasteiger charge is 2.08. The molecule has 2 aromatic rings. The van der Waals surface area contributed by atoms with Crippen molar-refractivity contribution >= 4 is 27.3 Å². The van der Waals surface area contributed by atoms with Crippen molar-refractivity contribution in [3.8, 4) is 0 Å². The highest BCUT2D eigenvalue weighted by Crippen LogP contribution is 2.24. The molecule has 2 nitrogen and oxygen atoms in total. The van der Waals surface area contributed by atoms with Gasteiger partial charge >= 0.3 is 0 Å². The van der Waals surface area contributed by atoms with Gasteiger partial charge in [0.1, 0.15) is 0 Å². The van der Waals surface area contributed by atoms with E-state index in [0.717, 1.165) is 20.5 Å². The second kappa shape index (κ2) is 4.49. The molecule has 0 atom stereocenters. The lowest BCUT2D eigenvalue weighted by molar-refractivity contribution is 0.0961. The number of rotatable bonds is 3. The van der Waals surface area contributed by atoms with Gasteiger partial charge < -0.3 is 5.32 Å². The Hall–Kier alpha value is -1.61. The Balaban J connectivity index is 2.20. The molecule has 0 radical (unpaired) electrons. The average molecular weight is 231 g/mol. The van der Waals surface area contributed by atoms with Crippen LogP contribution in [0.1, 0.15) is 16.6 Å². The van der Waals surface area contributed by atoms with Crippen LogP contribution in [0.4, 0.5) is 0 Å².